The van der Waals surface area contributed by atoms with E-state index in [4.69, 9.17) is 0 Å². The number of aryl methyl sites for hydroxylation is 3. The fourth-order valence-electron chi connectivity index (χ4n) is 4.26. The van der Waals surface area contributed by atoms with Crippen molar-refractivity contribution >= 4 is 17.4 Å². The van der Waals surface area contributed by atoms with Crippen molar-refractivity contribution < 1.29 is 4.79 Å². The van der Waals surface area contributed by atoms with Crippen LogP contribution in [-0.4, -0.2) is 27.9 Å². The molecule has 0 aliphatic carbocycles. The van der Waals surface area contributed by atoms with Crippen molar-refractivity contribution in [1.29, 1.82) is 0 Å². The second kappa shape index (κ2) is 12.5. The summed E-state index contributed by atoms with van der Waals surface area (Å²) >= 11 is 0. The molecule has 0 saturated carbocycles. The summed E-state index contributed by atoms with van der Waals surface area (Å²) in [7, 11) is 0. The number of nitrogens with zero attached hydrogens (tertiary/aromatic N) is 3. The number of benzene rings is 2. The van der Waals surface area contributed by atoms with E-state index >= 15 is 0 Å². The number of amides is 1. The molecule has 1 N–H and O–H groups in total. The largest absolute Gasteiger partial charge is 0.305 e. The second-order valence-electron chi connectivity index (χ2n) is 9.50. The molecular formula is C30H40N4O. The van der Waals surface area contributed by atoms with Gasteiger partial charge < -0.3 is 5.32 Å². The first-order chi connectivity index (χ1) is 16.9. The lowest BCUT2D eigenvalue weighted by Gasteiger charge is -2.13. The highest BCUT2D eigenvalue weighted by atomic mass is 16.1. The van der Waals surface area contributed by atoms with Crippen molar-refractivity contribution in [3.05, 3.63) is 82.0 Å². The summed E-state index contributed by atoms with van der Waals surface area (Å²) in [6.45, 7) is 14.3. The monoisotopic (exact) mass is 472 g/mol. The van der Waals surface area contributed by atoms with Crippen LogP contribution in [0.2, 0.25) is 0 Å². The van der Waals surface area contributed by atoms with Gasteiger partial charge in [-0.1, -0.05) is 63.6 Å². The number of aliphatic imine (C=N–C) groups is 1. The van der Waals surface area contributed by atoms with Gasteiger partial charge in [-0.25, -0.2) is 0 Å². The van der Waals surface area contributed by atoms with E-state index in [-0.39, 0.29) is 5.91 Å². The molecule has 0 atom stereocenters. The highest BCUT2D eigenvalue weighted by Gasteiger charge is 2.14. The summed E-state index contributed by atoms with van der Waals surface area (Å²) in [6, 6.07) is 16.3. The molecule has 5 nitrogen and oxygen atoms in total. The molecular weight excluding hydrogens is 432 g/mol. The van der Waals surface area contributed by atoms with Crippen LogP contribution in [0.3, 0.4) is 0 Å². The van der Waals surface area contributed by atoms with Crippen LogP contribution in [0.1, 0.15) is 85.3 Å². The number of rotatable bonds is 8. The van der Waals surface area contributed by atoms with E-state index in [2.05, 4.69) is 54.4 Å². The summed E-state index contributed by atoms with van der Waals surface area (Å²) in [4.78, 5) is 17.3. The molecule has 4 rings (SSSR count). The number of hydrogen-bond acceptors (Lipinski definition) is 3. The summed E-state index contributed by atoms with van der Waals surface area (Å²) in [5, 5.41) is 7.64. The predicted molar refractivity (Wildman–Crippen MR) is 147 cm³/mol. The van der Waals surface area contributed by atoms with E-state index in [1.54, 1.807) is 0 Å². The van der Waals surface area contributed by atoms with E-state index in [0.29, 0.717) is 23.8 Å². The third kappa shape index (κ3) is 7.14. The molecule has 186 valence electrons. The smallest absolute Gasteiger partial charge is 0.256 e. The van der Waals surface area contributed by atoms with Gasteiger partial charge in [0.25, 0.3) is 5.91 Å². The van der Waals surface area contributed by atoms with Gasteiger partial charge in [0.05, 0.1) is 6.54 Å². The molecule has 3 aromatic rings. The summed E-state index contributed by atoms with van der Waals surface area (Å²) < 4.78 is 1.98. The number of carbonyl (C=O) groups excluding carboxylic acids is 1. The highest BCUT2D eigenvalue weighted by molar-refractivity contribution is 6.05. The Morgan fingerprint density at radius 3 is 2.43 bits per heavy atom. The molecule has 1 aliphatic heterocycles. The minimum atomic E-state index is -0.146. The first-order valence-electron chi connectivity index (χ1n) is 13.0. The average Bonchev–Trinajstić information content (AvgIpc) is 3.50. The third-order valence-corrected chi connectivity index (χ3v) is 6.25. The van der Waals surface area contributed by atoms with Gasteiger partial charge in [0.1, 0.15) is 0 Å². The van der Waals surface area contributed by atoms with E-state index in [1.807, 2.05) is 55.8 Å². The normalized spacial score (nSPS) is 12.8. The van der Waals surface area contributed by atoms with Crippen LogP contribution in [-0.2, 0) is 13.0 Å². The Labute approximate surface area is 210 Å². The third-order valence-electron chi connectivity index (χ3n) is 6.25. The maximum Gasteiger partial charge on any atom is 0.256 e. The molecule has 2 heterocycles. The van der Waals surface area contributed by atoms with Gasteiger partial charge >= 0.3 is 0 Å². The zero-order valence-electron chi connectivity index (χ0n) is 22.2. The maximum atomic E-state index is 12.8. The van der Waals surface area contributed by atoms with Crippen LogP contribution in [0.4, 0.5) is 5.82 Å². The van der Waals surface area contributed by atoms with Crippen LogP contribution < -0.4 is 5.32 Å². The van der Waals surface area contributed by atoms with Crippen LogP contribution in [0.15, 0.2) is 53.5 Å². The van der Waals surface area contributed by atoms with Gasteiger partial charge in [-0.15, -0.1) is 0 Å². The lowest BCUT2D eigenvalue weighted by Crippen LogP contribution is -2.13. The van der Waals surface area contributed by atoms with E-state index in [1.165, 1.54) is 23.1 Å². The Hall–Kier alpha value is -3.21. The van der Waals surface area contributed by atoms with E-state index < -0.39 is 0 Å². The van der Waals surface area contributed by atoms with Crippen LogP contribution in [0.5, 0.6) is 0 Å². The molecule has 1 amide bonds. The zero-order chi connectivity index (χ0) is 25.4. The van der Waals surface area contributed by atoms with E-state index in [0.717, 1.165) is 42.8 Å². The van der Waals surface area contributed by atoms with Gasteiger partial charge in [0, 0.05) is 29.6 Å². The molecule has 35 heavy (non-hydrogen) atoms. The van der Waals surface area contributed by atoms with E-state index in [9.17, 15) is 4.79 Å². The zero-order valence-corrected chi connectivity index (χ0v) is 22.2. The first kappa shape index (κ1) is 26.4. The standard InChI is InChI=1S/C28H34N4O.C2H6/c1-19(2)7-9-22-10-8-20(3)16-25(22)18-32-21(4)17-27(31-32)30-28(33)24-13-11-23(12-14-24)26-6-5-15-29-26;1-2/h8,10-14,16-17,19H,5-7,9,15,18H2,1-4H3,(H,30,31,33);1-2H3. The summed E-state index contributed by atoms with van der Waals surface area (Å²) in [5.41, 5.74) is 7.82. The molecule has 0 bridgehead atoms. The molecule has 5 heteroatoms. The molecule has 1 aliphatic rings. The Morgan fingerprint density at radius 2 is 1.77 bits per heavy atom. The van der Waals surface area contributed by atoms with Crippen LogP contribution >= 0.6 is 0 Å². The van der Waals surface area contributed by atoms with Gasteiger partial charge in [0.2, 0.25) is 0 Å². The number of nitrogens with one attached hydrogen (secondary N) is 1. The molecule has 0 spiro atoms. The molecule has 0 radical (unpaired) electrons. The maximum absolute atomic E-state index is 12.8. The second-order valence-corrected chi connectivity index (χ2v) is 9.50. The van der Waals surface area contributed by atoms with Crippen molar-refractivity contribution in [2.75, 3.05) is 11.9 Å². The molecule has 0 saturated heterocycles. The SMILES string of the molecule is CC.Cc1ccc(CCC(C)C)c(Cn2nc(NC(=O)c3ccc(C4=NCCC4)cc3)cc2C)c1. The number of anilines is 1. The highest BCUT2D eigenvalue weighted by Crippen LogP contribution is 2.20. The molecule has 0 fully saturated rings. The van der Waals surface area contributed by atoms with Crippen LogP contribution in [0.25, 0.3) is 0 Å². The van der Waals surface area contributed by atoms with Gasteiger partial charge in [-0.2, -0.15) is 5.10 Å². The lowest BCUT2D eigenvalue weighted by molar-refractivity contribution is 0.102. The minimum absolute atomic E-state index is 0.146. The Morgan fingerprint density at radius 1 is 1.03 bits per heavy atom. The van der Waals surface area contributed by atoms with Crippen molar-refractivity contribution in [3.63, 3.8) is 0 Å². The summed E-state index contributed by atoms with van der Waals surface area (Å²) in [5.74, 6) is 1.11. The molecule has 1 aromatic heterocycles. The average molecular weight is 473 g/mol. The number of aromatic nitrogens is 2. The number of carbonyl (C=O) groups is 1. The molecule has 2 aromatic carbocycles. The van der Waals surface area contributed by atoms with Gasteiger partial charge in [-0.05, 0) is 74.3 Å². The molecule has 0 unspecified atom stereocenters. The van der Waals surface area contributed by atoms with Crippen molar-refractivity contribution in [2.45, 2.75) is 73.8 Å². The number of hydrogen-bond donors (Lipinski definition) is 1. The van der Waals surface area contributed by atoms with Crippen molar-refractivity contribution in [1.82, 2.24) is 9.78 Å². The Kier molecular flexibility index (Phi) is 9.41. The van der Waals surface area contributed by atoms with Crippen molar-refractivity contribution in [2.24, 2.45) is 10.9 Å². The minimum Gasteiger partial charge on any atom is -0.305 e. The predicted octanol–water partition coefficient (Wildman–Crippen LogP) is 7.00. The van der Waals surface area contributed by atoms with Crippen molar-refractivity contribution in [3.8, 4) is 0 Å². The Bertz CT molecular complexity index is 1160. The quantitative estimate of drug-likeness (QED) is 0.384. The fourth-order valence-corrected chi connectivity index (χ4v) is 4.26. The van der Waals surface area contributed by atoms with Gasteiger partial charge in [-0.3, -0.25) is 14.5 Å². The summed E-state index contributed by atoms with van der Waals surface area (Å²) in [6.07, 6.45) is 4.37. The first-order valence-corrected chi connectivity index (χ1v) is 13.0. The fraction of sp³-hybridized carbons (Fsp3) is 0.433. The topological polar surface area (TPSA) is 59.3 Å². The Balaban J connectivity index is 0.00000167. The van der Waals surface area contributed by atoms with Gasteiger partial charge in [0.15, 0.2) is 5.82 Å². The lowest BCUT2D eigenvalue weighted by atomic mass is 9.97. The van der Waals surface area contributed by atoms with Crippen LogP contribution in [0, 0.1) is 19.8 Å².